The van der Waals surface area contributed by atoms with Crippen LogP contribution < -0.4 is 10.6 Å². The van der Waals surface area contributed by atoms with Crippen molar-refractivity contribution in [1.82, 2.24) is 20.8 Å². The summed E-state index contributed by atoms with van der Waals surface area (Å²) in [5, 5.41) is 19.8. The first kappa shape index (κ1) is 17.4. The average molecular weight is 344 g/mol. The Morgan fingerprint density at radius 3 is 2.76 bits per heavy atom. The predicted molar refractivity (Wildman–Crippen MR) is 92.0 cm³/mol. The molecule has 3 unspecified atom stereocenters. The van der Waals surface area contributed by atoms with Crippen LogP contribution in [-0.4, -0.2) is 27.4 Å². The third kappa shape index (κ3) is 3.66. The summed E-state index contributed by atoms with van der Waals surface area (Å²) in [6, 6.07) is 6.48. The van der Waals surface area contributed by atoms with Crippen LogP contribution in [0, 0.1) is 0 Å². The number of nitrogens with one attached hydrogen (secondary N) is 2. The van der Waals surface area contributed by atoms with E-state index in [0.29, 0.717) is 18.1 Å². The summed E-state index contributed by atoms with van der Waals surface area (Å²) in [6.07, 6.45) is -0.0932. The fourth-order valence-corrected chi connectivity index (χ4v) is 2.90. The van der Waals surface area contributed by atoms with Crippen LogP contribution in [0.3, 0.4) is 0 Å². The van der Waals surface area contributed by atoms with Gasteiger partial charge in [0.1, 0.15) is 6.04 Å². The summed E-state index contributed by atoms with van der Waals surface area (Å²) in [5.41, 5.74) is 1.78. The van der Waals surface area contributed by atoms with E-state index in [1.807, 2.05) is 45.0 Å². The molecule has 2 amide bonds. The molecule has 25 heavy (non-hydrogen) atoms. The molecule has 2 aromatic rings. The second-order valence-electron chi connectivity index (χ2n) is 7.49. The summed E-state index contributed by atoms with van der Waals surface area (Å²) in [7, 11) is 0. The van der Waals surface area contributed by atoms with Gasteiger partial charge in [0.2, 0.25) is 5.89 Å². The Bertz CT molecular complexity index is 766. The zero-order valence-corrected chi connectivity index (χ0v) is 14.9. The van der Waals surface area contributed by atoms with Gasteiger partial charge in [0.25, 0.3) is 0 Å². The lowest BCUT2D eigenvalue weighted by Gasteiger charge is -2.19. The molecule has 0 saturated heterocycles. The van der Waals surface area contributed by atoms with Crippen molar-refractivity contribution >= 4 is 6.03 Å². The highest BCUT2D eigenvalue weighted by Gasteiger charge is 2.32. The molecule has 1 aliphatic carbocycles. The van der Waals surface area contributed by atoms with Gasteiger partial charge < -0.3 is 20.3 Å². The Labute approximate surface area is 146 Å². The molecule has 134 valence electrons. The fourth-order valence-electron chi connectivity index (χ4n) is 2.90. The topological polar surface area (TPSA) is 100 Å². The summed E-state index contributed by atoms with van der Waals surface area (Å²) >= 11 is 0. The van der Waals surface area contributed by atoms with Gasteiger partial charge in [-0.1, -0.05) is 50.2 Å². The summed E-state index contributed by atoms with van der Waals surface area (Å²) in [6.45, 7) is 7.75. The highest BCUT2D eigenvalue weighted by molar-refractivity contribution is 5.75. The van der Waals surface area contributed by atoms with E-state index in [-0.39, 0.29) is 11.4 Å². The third-order valence-electron chi connectivity index (χ3n) is 4.32. The normalized spacial score (nSPS) is 20.8. The number of benzene rings is 1. The number of amides is 2. The van der Waals surface area contributed by atoms with Crippen LogP contribution in [0.15, 0.2) is 28.8 Å². The molecule has 0 fully saturated rings. The largest absolute Gasteiger partial charge is 0.390 e. The number of fused-ring (bicyclic) bond motifs is 1. The van der Waals surface area contributed by atoms with E-state index in [0.717, 1.165) is 11.1 Å². The molecule has 1 aromatic heterocycles. The molecule has 3 rings (SSSR count). The number of urea groups is 1. The van der Waals surface area contributed by atoms with Crippen LogP contribution in [0.2, 0.25) is 0 Å². The number of nitrogens with zero attached hydrogens (tertiary/aromatic N) is 2. The lowest BCUT2D eigenvalue weighted by Crippen LogP contribution is -2.41. The number of aromatic nitrogens is 2. The molecular weight excluding hydrogens is 320 g/mol. The summed E-state index contributed by atoms with van der Waals surface area (Å²) in [4.78, 5) is 16.7. The number of carbonyl (C=O) groups is 1. The van der Waals surface area contributed by atoms with E-state index < -0.39 is 18.2 Å². The number of carbonyl (C=O) groups excluding carboxylic acids is 1. The minimum Gasteiger partial charge on any atom is -0.390 e. The first-order chi connectivity index (χ1) is 11.8. The number of aliphatic hydroxyl groups excluding tert-OH is 1. The van der Waals surface area contributed by atoms with Crippen LogP contribution in [-0.2, 0) is 11.8 Å². The maximum Gasteiger partial charge on any atom is 0.316 e. The Balaban J connectivity index is 1.64. The Morgan fingerprint density at radius 1 is 1.36 bits per heavy atom. The maximum atomic E-state index is 12.3. The molecule has 1 aliphatic rings. The number of hydrogen-bond donors (Lipinski definition) is 3. The average Bonchev–Trinajstić information content (AvgIpc) is 3.13. The van der Waals surface area contributed by atoms with Crippen molar-refractivity contribution in [3.8, 4) is 0 Å². The van der Waals surface area contributed by atoms with Crippen LogP contribution in [0.5, 0.6) is 0 Å². The monoisotopic (exact) mass is 344 g/mol. The SMILES string of the molecule is CC(NC(=O)NC1c2ccccc2CC1O)c1nc(C(C)(C)C)no1. The molecule has 0 radical (unpaired) electrons. The number of hydrogen-bond acceptors (Lipinski definition) is 5. The molecule has 1 heterocycles. The lowest BCUT2D eigenvalue weighted by molar-refractivity contribution is 0.141. The smallest absolute Gasteiger partial charge is 0.316 e. The predicted octanol–water partition coefficient (Wildman–Crippen LogP) is 2.39. The maximum absolute atomic E-state index is 12.3. The number of aliphatic hydroxyl groups is 1. The van der Waals surface area contributed by atoms with Gasteiger partial charge >= 0.3 is 6.03 Å². The van der Waals surface area contributed by atoms with Crippen LogP contribution in [0.1, 0.15) is 62.6 Å². The molecule has 7 heteroatoms. The van der Waals surface area contributed by atoms with E-state index in [4.69, 9.17) is 4.52 Å². The quantitative estimate of drug-likeness (QED) is 0.794. The van der Waals surface area contributed by atoms with Crippen LogP contribution in [0.25, 0.3) is 0 Å². The van der Waals surface area contributed by atoms with Gasteiger partial charge in [0.05, 0.1) is 12.1 Å². The third-order valence-corrected chi connectivity index (χ3v) is 4.32. The molecule has 0 spiro atoms. The molecular formula is C18H24N4O3. The van der Waals surface area contributed by atoms with Gasteiger partial charge in [-0.3, -0.25) is 0 Å². The Morgan fingerprint density at radius 2 is 2.08 bits per heavy atom. The van der Waals surface area contributed by atoms with Crippen molar-refractivity contribution in [2.45, 2.75) is 57.7 Å². The first-order valence-corrected chi connectivity index (χ1v) is 8.42. The zero-order valence-electron chi connectivity index (χ0n) is 14.9. The molecule has 0 bridgehead atoms. The Kier molecular flexibility index (Phi) is 4.51. The van der Waals surface area contributed by atoms with Crippen molar-refractivity contribution in [2.75, 3.05) is 0 Å². The zero-order chi connectivity index (χ0) is 18.2. The van der Waals surface area contributed by atoms with Crippen LogP contribution in [0.4, 0.5) is 4.79 Å². The minimum atomic E-state index is -0.630. The Hall–Kier alpha value is -2.41. The van der Waals surface area contributed by atoms with Crippen molar-refractivity contribution in [3.63, 3.8) is 0 Å². The molecule has 0 saturated carbocycles. The van der Waals surface area contributed by atoms with Gasteiger partial charge in [0.15, 0.2) is 5.82 Å². The summed E-state index contributed by atoms with van der Waals surface area (Å²) in [5.74, 6) is 0.948. The van der Waals surface area contributed by atoms with E-state index in [9.17, 15) is 9.90 Å². The standard InChI is InChI=1S/C18H24N4O3/c1-10(15-21-16(22-25-15)18(2,3)4)19-17(24)20-14-12-8-6-5-7-11(12)9-13(14)23/h5-8,10,13-14,23H,9H2,1-4H3,(H2,19,20,24). The minimum absolute atomic E-state index is 0.221. The van der Waals surface area contributed by atoms with Crippen molar-refractivity contribution in [3.05, 3.63) is 47.1 Å². The van der Waals surface area contributed by atoms with Gasteiger partial charge in [-0.05, 0) is 18.1 Å². The van der Waals surface area contributed by atoms with E-state index >= 15 is 0 Å². The lowest BCUT2D eigenvalue weighted by atomic mass is 9.96. The summed E-state index contributed by atoms with van der Waals surface area (Å²) < 4.78 is 5.25. The van der Waals surface area contributed by atoms with Gasteiger partial charge in [-0.2, -0.15) is 4.98 Å². The van der Waals surface area contributed by atoms with Gasteiger partial charge in [-0.25, -0.2) is 4.79 Å². The van der Waals surface area contributed by atoms with E-state index in [2.05, 4.69) is 20.8 Å². The van der Waals surface area contributed by atoms with Crippen molar-refractivity contribution < 1.29 is 14.4 Å². The second kappa shape index (κ2) is 6.48. The first-order valence-electron chi connectivity index (χ1n) is 8.42. The number of rotatable bonds is 3. The van der Waals surface area contributed by atoms with E-state index in [1.165, 1.54) is 0 Å². The highest BCUT2D eigenvalue weighted by atomic mass is 16.5. The fraction of sp³-hybridized carbons (Fsp3) is 0.500. The van der Waals surface area contributed by atoms with Gasteiger partial charge in [-0.15, -0.1) is 0 Å². The van der Waals surface area contributed by atoms with Crippen molar-refractivity contribution in [1.29, 1.82) is 0 Å². The van der Waals surface area contributed by atoms with Crippen LogP contribution >= 0.6 is 0 Å². The molecule has 7 nitrogen and oxygen atoms in total. The highest BCUT2D eigenvalue weighted by Crippen LogP contribution is 2.31. The molecule has 3 atom stereocenters. The molecule has 0 aliphatic heterocycles. The second-order valence-corrected chi connectivity index (χ2v) is 7.49. The van der Waals surface area contributed by atoms with Crippen molar-refractivity contribution in [2.24, 2.45) is 0 Å². The molecule has 3 N–H and O–H groups in total. The van der Waals surface area contributed by atoms with E-state index in [1.54, 1.807) is 6.92 Å². The molecule has 1 aromatic carbocycles. The van der Waals surface area contributed by atoms with Gasteiger partial charge in [0, 0.05) is 11.8 Å².